The van der Waals surface area contributed by atoms with Crippen molar-refractivity contribution in [2.45, 2.75) is 0 Å². The predicted octanol–water partition coefficient (Wildman–Crippen LogP) is 3.10. The van der Waals surface area contributed by atoms with Gasteiger partial charge >= 0.3 is 5.97 Å². The van der Waals surface area contributed by atoms with Crippen LogP contribution in [0.25, 0.3) is 5.65 Å². The normalized spacial score (nSPS) is 10.8. The average Bonchev–Trinajstić information content (AvgIpc) is 2.80. The Morgan fingerprint density at radius 2 is 2.05 bits per heavy atom. The van der Waals surface area contributed by atoms with Crippen LogP contribution in [0.1, 0.15) is 10.5 Å². The van der Waals surface area contributed by atoms with E-state index in [2.05, 4.69) is 4.98 Å². The van der Waals surface area contributed by atoms with Gasteiger partial charge in [0.15, 0.2) is 17.3 Å². The van der Waals surface area contributed by atoms with Crippen molar-refractivity contribution < 1.29 is 23.4 Å². The molecule has 21 heavy (non-hydrogen) atoms. The number of halogens is 2. The molecule has 0 bridgehead atoms. The standard InChI is InChI=1S/C14H8F2N2O3/c15-8-4-5-10(9(16)7-8)21-13-12(14(19)20)18-6-2-1-3-11(18)17-13/h1-7H,(H,19,20). The van der Waals surface area contributed by atoms with Crippen molar-refractivity contribution in [2.24, 2.45) is 0 Å². The highest BCUT2D eigenvalue weighted by Crippen LogP contribution is 2.28. The van der Waals surface area contributed by atoms with E-state index in [0.29, 0.717) is 11.7 Å². The molecule has 0 fully saturated rings. The number of carbonyl (C=O) groups is 1. The molecule has 5 nitrogen and oxygen atoms in total. The Morgan fingerprint density at radius 1 is 1.24 bits per heavy atom. The topological polar surface area (TPSA) is 63.8 Å². The third-order valence-electron chi connectivity index (χ3n) is 2.80. The number of pyridine rings is 1. The number of carboxylic acids is 1. The van der Waals surface area contributed by atoms with Gasteiger partial charge in [-0.2, -0.15) is 4.98 Å². The minimum Gasteiger partial charge on any atom is -0.476 e. The second kappa shape index (κ2) is 4.86. The number of ether oxygens (including phenoxy) is 1. The zero-order valence-electron chi connectivity index (χ0n) is 10.5. The third-order valence-corrected chi connectivity index (χ3v) is 2.80. The van der Waals surface area contributed by atoms with Gasteiger partial charge in [0.05, 0.1) is 0 Å². The molecule has 0 amide bonds. The molecule has 0 spiro atoms. The summed E-state index contributed by atoms with van der Waals surface area (Å²) in [5, 5.41) is 9.25. The molecule has 3 aromatic rings. The second-order valence-corrected chi connectivity index (χ2v) is 4.18. The second-order valence-electron chi connectivity index (χ2n) is 4.18. The van der Waals surface area contributed by atoms with Crippen LogP contribution < -0.4 is 4.74 Å². The van der Waals surface area contributed by atoms with Crippen molar-refractivity contribution >= 4 is 11.6 Å². The number of rotatable bonds is 3. The van der Waals surface area contributed by atoms with Crippen molar-refractivity contribution in [2.75, 3.05) is 0 Å². The Bertz CT molecular complexity index is 845. The van der Waals surface area contributed by atoms with Crippen LogP contribution in [0.15, 0.2) is 42.6 Å². The molecule has 2 heterocycles. The van der Waals surface area contributed by atoms with E-state index in [4.69, 9.17) is 4.74 Å². The largest absolute Gasteiger partial charge is 0.476 e. The number of imidazole rings is 1. The third kappa shape index (κ3) is 2.29. The van der Waals surface area contributed by atoms with Crippen LogP contribution in [0.3, 0.4) is 0 Å². The molecule has 0 aliphatic rings. The summed E-state index contributed by atoms with van der Waals surface area (Å²) in [5.74, 6) is -3.54. The number of fused-ring (bicyclic) bond motifs is 1. The van der Waals surface area contributed by atoms with Crippen LogP contribution in [0.2, 0.25) is 0 Å². The zero-order valence-corrected chi connectivity index (χ0v) is 10.5. The fourth-order valence-corrected chi connectivity index (χ4v) is 1.90. The van der Waals surface area contributed by atoms with Crippen LogP contribution in [-0.4, -0.2) is 20.5 Å². The lowest BCUT2D eigenvalue weighted by molar-refractivity contribution is 0.0686. The molecule has 0 saturated heterocycles. The molecule has 0 aliphatic carbocycles. The van der Waals surface area contributed by atoms with E-state index in [9.17, 15) is 18.7 Å². The summed E-state index contributed by atoms with van der Waals surface area (Å²) in [5.41, 5.74) is 0.0988. The number of aromatic nitrogens is 2. The first-order valence-corrected chi connectivity index (χ1v) is 5.89. The van der Waals surface area contributed by atoms with E-state index in [1.807, 2.05) is 0 Å². The number of hydrogen-bond acceptors (Lipinski definition) is 3. The minimum absolute atomic E-state index is 0.241. The average molecular weight is 290 g/mol. The fourth-order valence-electron chi connectivity index (χ4n) is 1.90. The van der Waals surface area contributed by atoms with Gasteiger partial charge in [0.1, 0.15) is 11.5 Å². The number of hydrogen-bond donors (Lipinski definition) is 1. The molecule has 2 aromatic heterocycles. The highest BCUT2D eigenvalue weighted by Gasteiger charge is 2.21. The Labute approximate surface area is 117 Å². The number of nitrogens with zero attached hydrogens (tertiary/aromatic N) is 2. The van der Waals surface area contributed by atoms with E-state index in [1.165, 1.54) is 10.6 Å². The van der Waals surface area contributed by atoms with E-state index in [1.54, 1.807) is 18.2 Å². The van der Waals surface area contributed by atoms with Crippen molar-refractivity contribution in [3.8, 4) is 11.6 Å². The highest BCUT2D eigenvalue weighted by molar-refractivity contribution is 5.89. The van der Waals surface area contributed by atoms with Crippen LogP contribution in [0.4, 0.5) is 8.78 Å². The van der Waals surface area contributed by atoms with Gasteiger partial charge in [-0.3, -0.25) is 4.40 Å². The molecule has 3 rings (SSSR count). The molecule has 0 aliphatic heterocycles. The van der Waals surface area contributed by atoms with Gasteiger partial charge in [-0.05, 0) is 24.3 Å². The van der Waals surface area contributed by atoms with Gasteiger partial charge in [0.25, 0.3) is 5.88 Å². The Kier molecular flexibility index (Phi) is 3.02. The SMILES string of the molecule is O=C(O)c1c(Oc2ccc(F)cc2F)nc2ccccn12. The molecule has 1 aromatic carbocycles. The van der Waals surface area contributed by atoms with Crippen LogP contribution in [0, 0.1) is 11.6 Å². The summed E-state index contributed by atoms with van der Waals surface area (Å²) in [7, 11) is 0. The van der Waals surface area contributed by atoms with Crippen molar-refractivity contribution in [1.29, 1.82) is 0 Å². The predicted molar refractivity (Wildman–Crippen MR) is 68.6 cm³/mol. The first-order chi connectivity index (χ1) is 10.1. The maximum Gasteiger partial charge on any atom is 0.358 e. The Morgan fingerprint density at radius 3 is 2.76 bits per heavy atom. The van der Waals surface area contributed by atoms with E-state index < -0.39 is 17.6 Å². The first kappa shape index (κ1) is 13.0. The summed E-state index contributed by atoms with van der Waals surface area (Å²) < 4.78 is 32.9. The number of benzene rings is 1. The monoisotopic (exact) mass is 290 g/mol. The fraction of sp³-hybridized carbons (Fsp3) is 0. The summed E-state index contributed by atoms with van der Waals surface area (Å²) in [6.45, 7) is 0. The Hall–Kier alpha value is -2.96. The summed E-state index contributed by atoms with van der Waals surface area (Å²) >= 11 is 0. The van der Waals surface area contributed by atoms with Crippen LogP contribution in [-0.2, 0) is 0 Å². The van der Waals surface area contributed by atoms with Crippen LogP contribution >= 0.6 is 0 Å². The zero-order chi connectivity index (χ0) is 15.0. The van der Waals surface area contributed by atoms with Gasteiger partial charge in [-0.15, -0.1) is 0 Å². The van der Waals surface area contributed by atoms with Crippen molar-refractivity contribution in [3.05, 3.63) is 59.9 Å². The summed E-state index contributed by atoms with van der Waals surface area (Å²) in [6.07, 6.45) is 1.50. The van der Waals surface area contributed by atoms with Gasteiger partial charge < -0.3 is 9.84 Å². The maximum absolute atomic E-state index is 13.6. The molecule has 0 unspecified atom stereocenters. The van der Waals surface area contributed by atoms with Gasteiger partial charge in [-0.25, -0.2) is 13.6 Å². The lowest BCUT2D eigenvalue weighted by atomic mass is 10.3. The minimum atomic E-state index is -1.27. The molecule has 106 valence electrons. The lowest BCUT2D eigenvalue weighted by Gasteiger charge is -2.04. The number of carboxylic acid groups (broad SMARTS) is 1. The van der Waals surface area contributed by atoms with E-state index >= 15 is 0 Å². The summed E-state index contributed by atoms with van der Waals surface area (Å²) in [6, 6.07) is 7.61. The quantitative estimate of drug-likeness (QED) is 0.805. The molecule has 0 atom stereocenters. The van der Waals surface area contributed by atoms with Crippen molar-refractivity contribution in [3.63, 3.8) is 0 Å². The first-order valence-electron chi connectivity index (χ1n) is 5.89. The summed E-state index contributed by atoms with van der Waals surface area (Å²) in [4.78, 5) is 15.3. The van der Waals surface area contributed by atoms with Gasteiger partial charge in [-0.1, -0.05) is 6.07 Å². The lowest BCUT2D eigenvalue weighted by Crippen LogP contribution is -2.03. The van der Waals surface area contributed by atoms with Gasteiger partial charge in [0.2, 0.25) is 0 Å². The van der Waals surface area contributed by atoms with Crippen molar-refractivity contribution in [1.82, 2.24) is 9.38 Å². The van der Waals surface area contributed by atoms with Gasteiger partial charge in [0, 0.05) is 12.3 Å². The molecular formula is C14H8F2N2O3. The molecule has 7 heteroatoms. The van der Waals surface area contributed by atoms with E-state index in [0.717, 1.165) is 12.1 Å². The Balaban J connectivity index is 2.12. The smallest absolute Gasteiger partial charge is 0.358 e. The number of aromatic carboxylic acids is 1. The van der Waals surface area contributed by atoms with Crippen LogP contribution in [0.5, 0.6) is 11.6 Å². The molecular weight excluding hydrogens is 282 g/mol. The van der Waals surface area contributed by atoms with E-state index in [-0.39, 0.29) is 17.3 Å². The molecule has 0 radical (unpaired) electrons. The maximum atomic E-state index is 13.6. The molecule has 0 saturated carbocycles. The highest BCUT2D eigenvalue weighted by atomic mass is 19.1. The molecule has 1 N–H and O–H groups in total.